The van der Waals surface area contributed by atoms with E-state index in [9.17, 15) is 9.59 Å². The van der Waals surface area contributed by atoms with E-state index in [1.165, 1.54) is 5.56 Å². The van der Waals surface area contributed by atoms with Crippen LogP contribution in [0.5, 0.6) is 0 Å². The van der Waals surface area contributed by atoms with Crippen LogP contribution in [0, 0.1) is 0 Å². The van der Waals surface area contributed by atoms with E-state index in [1.54, 1.807) is 41.3 Å². The lowest BCUT2D eigenvalue weighted by molar-refractivity contribution is 0.0720. The second-order valence-electron chi connectivity index (χ2n) is 8.29. The average molecular weight is 488 g/mol. The zero-order valence-electron chi connectivity index (χ0n) is 18.7. The maximum Gasteiger partial charge on any atom is 0.256 e. The van der Waals surface area contributed by atoms with Gasteiger partial charge in [-0.15, -0.1) is 11.3 Å². The molecule has 4 aromatic rings. The second kappa shape index (κ2) is 10.4. The molecule has 0 spiro atoms. The molecule has 3 aromatic carbocycles. The maximum absolute atomic E-state index is 13.1. The zero-order chi connectivity index (χ0) is 23.3. The summed E-state index contributed by atoms with van der Waals surface area (Å²) in [5, 5.41) is 2.98. The summed E-state index contributed by atoms with van der Waals surface area (Å²) < 4.78 is 2.02. The van der Waals surface area contributed by atoms with Crippen LogP contribution in [-0.4, -0.2) is 34.8 Å². The van der Waals surface area contributed by atoms with E-state index in [0.717, 1.165) is 52.7 Å². The summed E-state index contributed by atoms with van der Waals surface area (Å²) in [6, 6.07) is 23.1. The highest BCUT2D eigenvalue weighted by molar-refractivity contribution is 8.00. The van der Waals surface area contributed by atoms with Crippen LogP contribution in [-0.2, 0) is 5.75 Å². The van der Waals surface area contributed by atoms with Crippen LogP contribution in [0.1, 0.15) is 45.5 Å². The minimum atomic E-state index is -0.275. The molecule has 7 heteroatoms. The van der Waals surface area contributed by atoms with Crippen LogP contribution < -0.4 is 5.32 Å². The Bertz CT molecular complexity index is 1310. The molecule has 0 bridgehead atoms. The number of carbonyl (C=O) groups excluding carboxylic acids is 2. The highest BCUT2D eigenvalue weighted by atomic mass is 32.2. The number of hydrogen-bond donors (Lipinski definition) is 1. The lowest BCUT2D eigenvalue weighted by Gasteiger charge is -2.27. The van der Waals surface area contributed by atoms with Crippen molar-refractivity contribution in [2.45, 2.75) is 29.4 Å². The van der Waals surface area contributed by atoms with Crippen LogP contribution in [0.25, 0.3) is 10.2 Å². The molecule has 0 atom stereocenters. The second-order valence-corrected chi connectivity index (χ2v) is 10.5. The Balaban J connectivity index is 1.30. The molecular weight excluding hydrogens is 462 g/mol. The molecule has 1 aromatic heterocycles. The number of nitrogens with zero attached hydrogens (tertiary/aromatic N) is 2. The van der Waals surface area contributed by atoms with E-state index < -0.39 is 0 Å². The van der Waals surface area contributed by atoms with Gasteiger partial charge < -0.3 is 10.2 Å². The number of thioether (sulfide) groups is 1. The number of thiazole rings is 1. The molecule has 34 heavy (non-hydrogen) atoms. The predicted molar refractivity (Wildman–Crippen MR) is 140 cm³/mol. The van der Waals surface area contributed by atoms with Gasteiger partial charge in [-0.1, -0.05) is 54.2 Å². The first-order valence-electron chi connectivity index (χ1n) is 11.4. The molecule has 5 rings (SSSR count). The monoisotopic (exact) mass is 487 g/mol. The molecule has 0 saturated carbocycles. The van der Waals surface area contributed by atoms with Gasteiger partial charge in [0.25, 0.3) is 11.8 Å². The number of anilines is 1. The van der Waals surface area contributed by atoms with Crippen molar-refractivity contribution in [1.29, 1.82) is 0 Å². The molecule has 1 aliphatic heterocycles. The third-order valence-electron chi connectivity index (χ3n) is 5.88. The maximum atomic E-state index is 13.1. The normalized spacial score (nSPS) is 13.7. The predicted octanol–water partition coefficient (Wildman–Crippen LogP) is 6.47. The third kappa shape index (κ3) is 5.16. The Morgan fingerprint density at radius 2 is 1.65 bits per heavy atom. The Morgan fingerprint density at radius 1 is 0.912 bits per heavy atom. The minimum absolute atomic E-state index is 0.0663. The van der Waals surface area contributed by atoms with E-state index in [0.29, 0.717) is 16.8 Å². The van der Waals surface area contributed by atoms with Crippen molar-refractivity contribution in [1.82, 2.24) is 9.88 Å². The van der Waals surface area contributed by atoms with E-state index >= 15 is 0 Å². The number of likely N-dealkylation sites (tertiary alicyclic amines) is 1. The quantitative estimate of drug-likeness (QED) is 0.317. The van der Waals surface area contributed by atoms with E-state index in [-0.39, 0.29) is 11.8 Å². The summed E-state index contributed by atoms with van der Waals surface area (Å²) in [5.74, 6) is 0.526. The van der Waals surface area contributed by atoms with Gasteiger partial charge in [0, 0.05) is 24.5 Å². The standard InChI is InChI=1S/C27H25N3O2S2/c31-25(21-11-5-6-12-22(21)26(32)30-15-7-2-8-16-30)28-20-13-14-23-24(17-20)34-27(29-23)33-18-19-9-3-1-4-10-19/h1,3-6,9-14,17H,2,7-8,15-16,18H2,(H,28,31). The van der Waals surface area contributed by atoms with E-state index in [2.05, 4.69) is 17.4 Å². The van der Waals surface area contributed by atoms with Crippen LogP contribution in [0.3, 0.4) is 0 Å². The lowest BCUT2D eigenvalue weighted by atomic mass is 10.0. The lowest BCUT2D eigenvalue weighted by Crippen LogP contribution is -2.36. The van der Waals surface area contributed by atoms with Crippen LogP contribution >= 0.6 is 23.1 Å². The molecule has 2 heterocycles. The Labute approximate surface area is 207 Å². The van der Waals surface area contributed by atoms with Gasteiger partial charge in [0.2, 0.25) is 0 Å². The number of nitrogens with one attached hydrogen (secondary N) is 1. The van der Waals surface area contributed by atoms with Crippen molar-refractivity contribution in [2.24, 2.45) is 0 Å². The van der Waals surface area contributed by atoms with Crippen molar-refractivity contribution in [3.63, 3.8) is 0 Å². The first-order chi connectivity index (χ1) is 16.7. The van der Waals surface area contributed by atoms with Gasteiger partial charge in [0.15, 0.2) is 4.34 Å². The number of fused-ring (bicyclic) bond motifs is 1. The number of amides is 2. The summed E-state index contributed by atoms with van der Waals surface area (Å²) in [6.45, 7) is 1.50. The molecule has 0 aliphatic carbocycles. The molecular formula is C27H25N3O2S2. The van der Waals surface area contributed by atoms with Gasteiger partial charge in [-0.05, 0) is 55.2 Å². The topological polar surface area (TPSA) is 62.3 Å². The van der Waals surface area contributed by atoms with Gasteiger partial charge in [0.1, 0.15) is 0 Å². The summed E-state index contributed by atoms with van der Waals surface area (Å²) in [4.78, 5) is 32.7. The SMILES string of the molecule is O=C(Nc1ccc2nc(SCc3ccccc3)sc2c1)c1ccccc1C(=O)N1CCCCC1. The Kier molecular flexibility index (Phi) is 6.92. The summed E-state index contributed by atoms with van der Waals surface area (Å²) in [7, 11) is 0. The number of rotatable bonds is 6. The fraction of sp³-hybridized carbons (Fsp3) is 0.222. The molecule has 1 fully saturated rings. The molecule has 1 N–H and O–H groups in total. The summed E-state index contributed by atoms with van der Waals surface area (Å²) in [5.41, 5.74) is 3.74. The van der Waals surface area contributed by atoms with Crippen molar-refractivity contribution < 1.29 is 9.59 Å². The van der Waals surface area contributed by atoms with Crippen LogP contribution in [0.15, 0.2) is 77.1 Å². The number of benzene rings is 3. The van der Waals surface area contributed by atoms with Gasteiger partial charge in [-0.2, -0.15) is 0 Å². The van der Waals surface area contributed by atoms with Gasteiger partial charge in [-0.3, -0.25) is 9.59 Å². The molecule has 1 saturated heterocycles. The highest BCUT2D eigenvalue weighted by Crippen LogP contribution is 2.33. The largest absolute Gasteiger partial charge is 0.339 e. The number of carbonyl (C=O) groups is 2. The smallest absolute Gasteiger partial charge is 0.256 e. The Morgan fingerprint density at radius 3 is 2.44 bits per heavy atom. The highest BCUT2D eigenvalue weighted by Gasteiger charge is 2.23. The molecule has 0 unspecified atom stereocenters. The van der Waals surface area contributed by atoms with Gasteiger partial charge in [0.05, 0.1) is 21.3 Å². The van der Waals surface area contributed by atoms with Crippen molar-refractivity contribution in [3.8, 4) is 0 Å². The minimum Gasteiger partial charge on any atom is -0.339 e. The zero-order valence-corrected chi connectivity index (χ0v) is 20.3. The molecule has 0 radical (unpaired) electrons. The first-order valence-corrected chi connectivity index (χ1v) is 13.2. The first kappa shape index (κ1) is 22.6. The van der Waals surface area contributed by atoms with Crippen molar-refractivity contribution in [2.75, 3.05) is 18.4 Å². The molecule has 2 amide bonds. The van der Waals surface area contributed by atoms with E-state index in [4.69, 9.17) is 4.98 Å². The summed E-state index contributed by atoms with van der Waals surface area (Å²) >= 11 is 3.33. The van der Waals surface area contributed by atoms with Crippen molar-refractivity contribution in [3.05, 3.63) is 89.5 Å². The molecule has 5 nitrogen and oxygen atoms in total. The molecule has 172 valence electrons. The Hall–Kier alpha value is -3.16. The van der Waals surface area contributed by atoms with Gasteiger partial charge in [-0.25, -0.2) is 4.98 Å². The van der Waals surface area contributed by atoms with Gasteiger partial charge >= 0.3 is 0 Å². The van der Waals surface area contributed by atoms with Crippen LogP contribution in [0.2, 0.25) is 0 Å². The summed E-state index contributed by atoms with van der Waals surface area (Å²) in [6.07, 6.45) is 3.18. The van der Waals surface area contributed by atoms with E-state index in [1.807, 2.05) is 47.4 Å². The van der Waals surface area contributed by atoms with Crippen molar-refractivity contribution >= 4 is 50.8 Å². The fourth-order valence-corrected chi connectivity index (χ4v) is 6.16. The number of aromatic nitrogens is 1. The number of piperidine rings is 1. The van der Waals surface area contributed by atoms with Crippen LogP contribution in [0.4, 0.5) is 5.69 Å². The number of hydrogen-bond acceptors (Lipinski definition) is 5. The fourth-order valence-electron chi connectivity index (χ4n) is 4.10. The molecule has 1 aliphatic rings. The third-order valence-corrected chi connectivity index (χ3v) is 8.11. The average Bonchev–Trinajstić information content (AvgIpc) is 3.30.